The van der Waals surface area contributed by atoms with Crippen LogP contribution >= 0.6 is 27.5 Å². The fourth-order valence-corrected chi connectivity index (χ4v) is 2.18. The normalized spacial score (nSPS) is 12.5. The molecule has 0 aromatic carbocycles. The van der Waals surface area contributed by atoms with E-state index in [0.29, 0.717) is 11.2 Å². The van der Waals surface area contributed by atoms with Gasteiger partial charge < -0.3 is 5.32 Å². The highest BCUT2D eigenvalue weighted by Gasteiger charge is 2.12. The summed E-state index contributed by atoms with van der Waals surface area (Å²) in [6.07, 6.45) is 7.41. The van der Waals surface area contributed by atoms with E-state index in [4.69, 9.17) is 11.6 Å². The highest BCUT2D eigenvalue weighted by molar-refractivity contribution is 9.10. The van der Waals surface area contributed by atoms with E-state index in [9.17, 15) is 0 Å². The standard InChI is InChI=1S/C12H19BrClN3/c1-3-5-7-9(6-4-2)17-12-10(13)11(14)15-8-16-12/h8-9H,3-7H2,1-2H3,(H,15,16,17). The Morgan fingerprint density at radius 3 is 2.71 bits per heavy atom. The number of hydrogen-bond donors (Lipinski definition) is 1. The van der Waals surface area contributed by atoms with E-state index in [0.717, 1.165) is 23.1 Å². The SMILES string of the molecule is CCCCC(CCC)Nc1ncnc(Cl)c1Br. The minimum atomic E-state index is 0.452. The minimum Gasteiger partial charge on any atom is -0.366 e. The fraction of sp³-hybridized carbons (Fsp3) is 0.667. The molecule has 96 valence electrons. The Balaban J connectivity index is 2.67. The van der Waals surface area contributed by atoms with E-state index in [1.807, 2.05) is 0 Å². The number of anilines is 1. The van der Waals surface area contributed by atoms with Crippen molar-refractivity contribution in [2.24, 2.45) is 0 Å². The predicted octanol–water partition coefficient (Wildman–Crippen LogP) is 4.66. The van der Waals surface area contributed by atoms with E-state index in [-0.39, 0.29) is 0 Å². The van der Waals surface area contributed by atoms with Gasteiger partial charge in [-0.15, -0.1) is 0 Å². The molecule has 0 fully saturated rings. The zero-order valence-corrected chi connectivity index (χ0v) is 12.7. The molecule has 0 amide bonds. The number of aromatic nitrogens is 2. The van der Waals surface area contributed by atoms with Crippen molar-refractivity contribution >= 4 is 33.3 Å². The van der Waals surface area contributed by atoms with Crippen LogP contribution in [0.2, 0.25) is 5.15 Å². The van der Waals surface area contributed by atoms with Crippen LogP contribution in [0.3, 0.4) is 0 Å². The minimum absolute atomic E-state index is 0.452. The van der Waals surface area contributed by atoms with Crippen molar-refractivity contribution in [2.75, 3.05) is 5.32 Å². The number of unbranched alkanes of at least 4 members (excludes halogenated alkanes) is 1. The maximum atomic E-state index is 5.94. The first-order chi connectivity index (χ1) is 8.19. The Labute approximate surface area is 117 Å². The lowest BCUT2D eigenvalue weighted by atomic mass is 10.1. The topological polar surface area (TPSA) is 37.8 Å². The van der Waals surface area contributed by atoms with Crippen LogP contribution < -0.4 is 5.32 Å². The van der Waals surface area contributed by atoms with Gasteiger partial charge >= 0.3 is 0 Å². The highest BCUT2D eigenvalue weighted by atomic mass is 79.9. The second kappa shape index (κ2) is 7.88. The van der Waals surface area contributed by atoms with Gasteiger partial charge in [0, 0.05) is 6.04 Å². The summed E-state index contributed by atoms with van der Waals surface area (Å²) in [7, 11) is 0. The smallest absolute Gasteiger partial charge is 0.148 e. The molecule has 0 spiro atoms. The zero-order valence-electron chi connectivity index (χ0n) is 10.3. The lowest BCUT2D eigenvalue weighted by Crippen LogP contribution is -2.20. The molecular weight excluding hydrogens is 302 g/mol. The summed E-state index contributed by atoms with van der Waals surface area (Å²) in [6, 6.07) is 0.460. The first kappa shape index (κ1) is 14.7. The Kier molecular flexibility index (Phi) is 6.82. The van der Waals surface area contributed by atoms with E-state index in [1.54, 1.807) is 0 Å². The summed E-state index contributed by atoms with van der Waals surface area (Å²) in [5, 5.41) is 3.89. The summed E-state index contributed by atoms with van der Waals surface area (Å²) in [4.78, 5) is 8.14. The number of nitrogens with zero attached hydrogens (tertiary/aromatic N) is 2. The summed E-state index contributed by atoms with van der Waals surface area (Å²) in [5.41, 5.74) is 0. The fourth-order valence-electron chi connectivity index (χ4n) is 1.73. The third kappa shape index (κ3) is 4.80. The van der Waals surface area contributed by atoms with Crippen molar-refractivity contribution < 1.29 is 0 Å². The van der Waals surface area contributed by atoms with Crippen LogP contribution in [0.25, 0.3) is 0 Å². The van der Waals surface area contributed by atoms with Gasteiger partial charge in [-0.2, -0.15) is 0 Å². The van der Waals surface area contributed by atoms with Crippen LogP contribution in [0.5, 0.6) is 0 Å². The average Bonchev–Trinajstić information content (AvgIpc) is 2.32. The summed E-state index contributed by atoms with van der Waals surface area (Å²) >= 11 is 9.35. The van der Waals surface area contributed by atoms with Crippen LogP contribution in [0.1, 0.15) is 46.0 Å². The van der Waals surface area contributed by atoms with Crippen LogP contribution in [0.4, 0.5) is 5.82 Å². The maximum absolute atomic E-state index is 5.94. The number of nitrogens with one attached hydrogen (secondary N) is 1. The molecule has 1 N–H and O–H groups in total. The van der Waals surface area contributed by atoms with Crippen LogP contribution in [0.15, 0.2) is 10.8 Å². The number of hydrogen-bond acceptors (Lipinski definition) is 3. The third-order valence-electron chi connectivity index (χ3n) is 2.63. The zero-order chi connectivity index (χ0) is 12.7. The molecule has 1 heterocycles. The first-order valence-electron chi connectivity index (χ1n) is 6.11. The Morgan fingerprint density at radius 2 is 2.06 bits per heavy atom. The Hall–Kier alpha value is -0.350. The van der Waals surface area contributed by atoms with Gasteiger partial charge in [0.15, 0.2) is 0 Å². The average molecular weight is 321 g/mol. The van der Waals surface area contributed by atoms with Crippen molar-refractivity contribution in [3.05, 3.63) is 16.0 Å². The molecule has 0 bridgehead atoms. The molecule has 0 radical (unpaired) electrons. The van der Waals surface area contributed by atoms with E-state index in [2.05, 4.69) is 45.1 Å². The van der Waals surface area contributed by atoms with Gasteiger partial charge in [0.1, 0.15) is 17.3 Å². The van der Waals surface area contributed by atoms with E-state index in [1.165, 1.54) is 25.6 Å². The quantitative estimate of drug-likeness (QED) is 0.742. The molecule has 1 rings (SSSR count). The van der Waals surface area contributed by atoms with E-state index < -0.39 is 0 Å². The molecule has 0 aliphatic carbocycles. The molecule has 0 aliphatic rings. The van der Waals surface area contributed by atoms with Gasteiger partial charge in [0.25, 0.3) is 0 Å². The molecular formula is C12H19BrClN3. The second-order valence-corrected chi connectivity index (χ2v) is 5.25. The van der Waals surface area contributed by atoms with Crippen LogP contribution in [-0.2, 0) is 0 Å². The van der Waals surface area contributed by atoms with Crippen molar-refractivity contribution in [3.8, 4) is 0 Å². The summed E-state index contributed by atoms with van der Waals surface area (Å²) in [6.45, 7) is 4.41. The molecule has 1 unspecified atom stereocenters. The molecule has 17 heavy (non-hydrogen) atoms. The third-order valence-corrected chi connectivity index (χ3v) is 3.90. The van der Waals surface area contributed by atoms with Gasteiger partial charge in [0.2, 0.25) is 0 Å². The van der Waals surface area contributed by atoms with Crippen molar-refractivity contribution in [1.82, 2.24) is 9.97 Å². The number of halogens is 2. The first-order valence-corrected chi connectivity index (χ1v) is 7.28. The largest absolute Gasteiger partial charge is 0.366 e. The van der Waals surface area contributed by atoms with Crippen molar-refractivity contribution in [3.63, 3.8) is 0 Å². The van der Waals surface area contributed by atoms with E-state index >= 15 is 0 Å². The maximum Gasteiger partial charge on any atom is 0.148 e. The second-order valence-electron chi connectivity index (χ2n) is 4.10. The van der Waals surface area contributed by atoms with Gasteiger partial charge in [-0.1, -0.05) is 44.7 Å². The molecule has 0 saturated carbocycles. The van der Waals surface area contributed by atoms with Crippen LogP contribution in [0, 0.1) is 0 Å². The molecule has 0 saturated heterocycles. The molecule has 1 aromatic rings. The monoisotopic (exact) mass is 319 g/mol. The highest BCUT2D eigenvalue weighted by Crippen LogP contribution is 2.27. The molecule has 0 aliphatic heterocycles. The van der Waals surface area contributed by atoms with Gasteiger partial charge in [0.05, 0.1) is 4.47 Å². The Bertz CT molecular complexity index is 347. The molecule has 1 atom stereocenters. The lowest BCUT2D eigenvalue weighted by Gasteiger charge is -2.19. The van der Waals surface area contributed by atoms with Crippen LogP contribution in [-0.4, -0.2) is 16.0 Å². The summed E-state index contributed by atoms with van der Waals surface area (Å²) < 4.78 is 0.749. The molecule has 1 aromatic heterocycles. The van der Waals surface area contributed by atoms with Gasteiger partial charge in [-0.3, -0.25) is 0 Å². The predicted molar refractivity (Wildman–Crippen MR) is 76.6 cm³/mol. The Morgan fingerprint density at radius 1 is 1.29 bits per heavy atom. The lowest BCUT2D eigenvalue weighted by molar-refractivity contribution is 0.562. The van der Waals surface area contributed by atoms with Crippen molar-refractivity contribution in [1.29, 1.82) is 0 Å². The van der Waals surface area contributed by atoms with Crippen molar-refractivity contribution in [2.45, 2.75) is 52.0 Å². The summed E-state index contributed by atoms with van der Waals surface area (Å²) in [5.74, 6) is 0.791. The van der Waals surface area contributed by atoms with Gasteiger partial charge in [-0.25, -0.2) is 9.97 Å². The molecule has 5 heteroatoms. The molecule has 3 nitrogen and oxygen atoms in total. The number of rotatable bonds is 7. The van der Waals surface area contributed by atoms with Gasteiger partial charge in [-0.05, 0) is 28.8 Å².